The maximum Gasteiger partial charge on any atom is 0.405 e. The average molecular weight is 378 g/mol. The van der Waals surface area contributed by atoms with Gasteiger partial charge >= 0.3 is 6.09 Å². The lowest BCUT2D eigenvalue weighted by molar-refractivity contribution is 0.190. The van der Waals surface area contributed by atoms with E-state index >= 15 is 0 Å². The first-order chi connectivity index (χ1) is 12.3. The normalized spacial score (nSPS) is 12.1. The summed E-state index contributed by atoms with van der Waals surface area (Å²) in [4.78, 5) is 32.2. The van der Waals surface area contributed by atoms with Crippen LogP contribution < -0.4 is 16.6 Å². The number of hydrogen-bond donors (Lipinski definition) is 3. The van der Waals surface area contributed by atoms with Crippen LogP contribution >= 0.6 is 11.6 Å². The second-order valence-corrected chi connectivity index (χ2v) is 5.91. The Morgan fingerprint density at radius 2 is 2.15 bits per heavy atom. The molecule has 10 heteroatoms. The Hall–Kier alpha value is -3.20. The molecular formula is C16H13ClFN5O3. The summed E-state index contributed by atoms with van der Waals surface area (Å²) in [7, 11) is 0. The lowest BCUT2D eigenvalue weighted by atomic mass is 10.2. The molecule has 2 aromatic heterocycles. The van der Waals surface area contributed by atoms with Crippen LogP contribution in [-0.4, -0.2) is 25.7 Å². The van der Waals surface area contributed by atoms with Crippen LogP contribution in [0.5, 0.6) is 0 Å². The third-order valence-corrected chi connectivity index (χ3v) is 3.96. The predicted molar refractivity (Wildman–Crippen MR) is 94.1 cm³/mol. The number of pyridine rings is 1. The van der Waals surface area contributed by atoms with Gasteiger partial charge in [0.1, 0.15) is 17.5 Å². The van der Waals surface area contributed by atoms with Crippen molar-refractivity contribution in [1.82, 2.24) is 19.9 Å². The summed E-state index contributed by atoms with van der Waals surface area (Å²) >= 11 is 6.02. The van der Waals surface area contributed by atoms with E-state index in [1.54, 1.807) is 0 Å². The number of rotatable bonds is 3. The number of anilines is 1. The quantitative estimate of drug-likeness (QED) is 0.644. The predicted octanol–water partition coefficient (Wildman–Crippen LogP) is 2.48. The molecule has 0 fully saturated rings. The number of carboxylic acid groups (broad SMARTS) is 1. The van der Waals surface area contributed by atoms with Crippen molar-refractivity contribution in [3.63, 3.8) is 0 Å². The Balaban J connectivity index is 2.38. The fourth-order valence-corrected chi connectivity index (χ4v) is 2.80. The van der Waals surface area contributed by atoms with Gasteiger partial charge in [0.2, 0.25) is 0 Å². The van der Waals surface area contributed by atoms with Gasteiger partial charge in [-0.2, -0.15) is 0 Å². The van der Waals surface area contributed by atoms with Gasteiger partial charge in [-0.25, -0.2) is 19.2 Å². The summed E-state index contributed by atoms with van der Waals surface area (Å²) in [5.41, 5.74) is 5.33. The number of amides is 1. The molecule has 26 heavy (non-hydrogen) atoms. The molecule has 0 saturated carbocycles. The SMILES string of the molecule is C[C@H](NC(=O)O)c1nc2c(Cl)cc(F)cc2c(=O)n1-c1ccc(N)nc1. The van der Waals surface area contributed by atoms with Crippen molar-refractivity contribution in [1.29, 1.82) is 0 Å². The highest BCUT2D eigenvalue weighted by Crippen LogP contribution is 2.24. The van der Waals surface area contributed by atoms with Crippen molar-refractivity contribution in [2.24, 2.45) is 0 Å². The highest BCUT2D eigenvalue weighted by molar-refractivity contribution is 6.35. The van der Waals surface area contributed by atoms with E-state index in [2.05, 4.69) is 15.3 Å². The van der Waals surface area contributed by atoms with Crippen molar-refractivity contribution < 1.29 is 14.3 Å². The highest BCUT2D eigenvalue weighted by Gasteiger charge is 2.21. The molecule has 3 aromatic rings. The molecule has 8 nitrogen and oxygen atoms in total. The molecule has 0 saturated heterocycles. The van der Waals surface area contributed by atoms with Crippen molar-refractivity contribution in [2.75, 3.05) is 5.73 Å². The summed E-state index contributed by atoms with van der Waals surface area (Å²) in [6, 6.07) is 4.20. The maximum absolute atomic E-state index is 13.7. The van der Waals surface area contributed by atoms with E-state index in [1.807, 2.05) is 0 Å². The van der Waals surface area contributed by atoms with Gasteiger partial charge in [0.15, 0.2) is 0 Å². The first-order valence-electron chi connectivity index (χ1n) is 7.41. The summed E-state index contributed by atoms with van der Waals surface area (Å²) < 4.78 is 14.9. The highest BCUT2D eigenvalue weighted by atomic mass is 35.5. The van der Waals surface area contributed by atoms with Crippen LogP contribution in [0.4, 0.5) is 15.0 Å². The van der Waals surface area contributed by atoms with Gasteiger partial charge < -0.3 is 16.2 Å². The standard InChI is InChI=1S/C16H13ClFN5O3/c1-7(21-16(25)26)14-22-13-10(4-8(18)5-11(13)17)15(24)23(14)9-2-3-12(19)20-6-9/h2-7,21H,1H3,(H2,19,20)(H,25,26)/t7-/m0/s1. The third-order valence-electron chi connectivity index (χ3n) is 3.67. The number of aromatic nitrogens is 3. The van der Waals surface area contributed by atoms with Crippen LogP contribution in [0.15, 0.2) is 35.3 Å². The fourth-order valence-electron chi connectivity index (χ4n) is 2.55. The number of nitrogens with zero attached hydrogens (tertiary/aromatic N) is 3. The molecule has 0 bridgehead atoms. The summed E-state index contributed by atoms with van der Waals surface area (Å²) in [5, 5.41) is 11.1. The van der Waals surface area contributed by atoms with Gasteiger partial charge in [-0.3, -0.25) is 9.36 Å². The monoisotopic (exact) mass is 377 g/mol. The molecule has 4 N–H and O–H groups in total. The summed E-state index contributed by atoms with van der Waals surface area (Å²) in [6.45, 7) is 1.51. The molecule has 0 unspecified atom stereocenters. The van der Waals surface area contributed by atoms with E-state index in [0.717, 1.165) is 16.7 Å². The van der Waals surface area contributed by atoms with Crippen molar-refractivity contribution in [3.05, 3.63) is 57.5 Å². The molecule has 0 aliphatic heterocycles. The smallest absolute Gasteiger partial charge is 0.405 e. The molecule has 1 aromatic carbocycles. The molecule has 3 rings (SSSR count). The molecule has 1 atom stereocenters. The lowest BCUT2D eigenvalue weighted by Crippen LogP contribution is -2.32. The van der Waals surface area contributed by atoms with E-state index in [1.165, 1.54) is 25.3 Å². The zero-order valence-electron chi connectivity index (χ0n) is 13.4. The number of nitrogens with one attached hydrogen (secondary N) is 1. The summed E-state index contributed by atoms with van der Waals surface area (Å²) in [5.74, 6) is -0.374. The minimum absolute atomic E-state index is 0.0434. The topological polar surface area (TPSA) is 123 Å². The Kier molecular flexibility index (Phi) is 4.47. The van der Waals surface area contributed by atoms with E-state index in [-0.39, 0.29) is 27.6 Å². The lowest BCUT2D eigenvalue weighted by Gasteiger charge is -2.18. The van der Waals surface area contributed by atoms with Crippen LogP contribution in [0.25, 0.3) is 16.6 Å². The zero-order valence-corrected chi connectivity index (χ0v) is 14.2. The van der Waals surface area contributed by atoms with Crippen LogP contribution in [0.2, 0.25) is 5.02 Å². The van der Waals surface area contributed by atoms with Crippen LogP contribution in [-0.2, 0) is 0 Å². The number of nitrogens with two attached hydrogens (primary N) is 1. The Morgan fingerprint density at radius 1 is 1.42 bits per heavy atom. The minimum Gasteiger partial charge on any atom is -0.465 e. The van der Waals surface area contributed by atoms with E-state index in [9.17, 15) is 14.0 Å². The van der Waals surface area contributed by atoms with Gasteiger partial charge in [0.25, 0.3) is 5.56 Å². The van der Waals surface area contributed by atoms with Crippen LogP contribution in [0, 0.1) is 5.82 Å². The molecule has 0 radical (unpaired) electrons. The first-order valence-corrected chi connectivity index (χ1v) is 7.79. The number of fused-ring (bicyclic) bond motifs is 1. The number of hydrogen-bond acceptors (Lipinski definition) is 5. The average Bonchev–Trinajstić information content (AvgIpc) is 2.56. The van der Waals surface area contributed by atoms with Gasteiger partial charge in [-0.05, 0) is 31.2 Å². The Labute approximate surface area is 151 Å². The third kappa shape index (κ3) is 3.16. The van der Waals surface area contributed by atoms with Crippen molar-refractivity contribution in [3.8, 4) is 5.69 Å². The van der Waals surface area contributed by atoms with Gasteiger partial charge in [-0.1, -0.05) is 11.6 Å². The molecule has 2 heterocycles. The van der Waals surface area contributed by atoms with Gasteiger partial charge in [-0.15, -0.1) is 0 Å². The second kappa shape index (κ2) is 6.60. The minimum atomic E-state index is -1.29. The van der Waals surface area contributed by atoms with Gasteiger partial charge in [0.05, 0.1) is 33.9 Å². The molecular weight excluding hydrogens is 365 g/mol. The molecule has 134 valence electrons. The first kappa shape index (κ1) is 17.6. The number of carbonyl (C=O) groups is 1. The number of nitrogen functional groups attached to an aromatic ring is 1. The number of benzene rings is 1. The van der Waals surface area contributed by atoms with E-state index < -0.39 is 23.5 Å². The maximum atomic E-state index is 13.7. The Morgan fingerprint density at radius 3 is 2.77 bits per heavy atom. The largest absolute Gasteiger partial charge is 0.465 e. The molecule has 0 spiro atoms. The van der Waals surface area contributed by atoms with Crippen molar-refractivity contribution in [2.45, 2.75) is 13.0 Å². The summed E-state index contributed by atoms with van der Waals surface area (Å²) in [6.07, 6.45) is 0.0429. The molecule has 0 aliphatic rings. The molecule has 0 aliphatic carbocycles. The van der Waals surface area contributed by atoms with Crippen LogP contribution in [0.1, 0.15) is 18.8 Å². The Bertz CT molecular complexity index is 1070. The second-order valence-electron chi connectivity index (χ2n) is 5.51. The van der Waals surface area contributed by atoms with Crippen molar-refractivity contribution >= 4 is 34.4 Å². The van der Waals surface area contributed by atoms with E-state index in [0.29, 0.717) is 5.69 Å². The van der Waals surface area contributed by atoms with Crippen LogP contribution in [0.3, 0.4) is 0 Å². The van der Waals surface area contributed by atoms with Gasteiger partial charge in [0, 0.05) is 0 Å². The van der Waals surface area contributed by atoms with E-state index in [4.69, 9.17) is 22.4 Å². The fraction of sp³-hybridized carbons (Fsp3) is 0.125. The number of halogens is 2. The zero-order chi connectivity index (χ0) is 19.0. The molecule has 1 amide bonds.